The molecule has 5 heteroatoms. The molecular formula is C21H28N4O. The van der Waals surface area contributed by atoms with Gasteiger partial charge < -0.3 is 4.74 Å². The van der Waals surface area contributed by atoms with Crippen LogP contribution >= 0.6 is 0 Å². The van der Waals surface area contributed by atoms with E-state index < -0.39 is 0 Å². The van der Waals surface area contributed by atoms with Gasteiger partial charge in [0.05, 0.1) is 17.9 Å². The molecule has 4 rings (SSSR count). The number of rotatable bonds is 4. The molecule has 1 atom stereocenters. The van der Waals surface area contributed by atoms with Crippen LogP contribution in [0.2, 0.25) is 0 Å². The highest BCUT2D eigenvalue weighted by Crippen LogP contribution is 2.31. The third kappa shape index (κ3) is 4.47. The van der Waals surface area contributed by atoms with Gasteiger partial charge in [-0.15, -0.1) is 0 Å². The largest absolute Gasteiger partial charge is 0.372 e. The first-order chi connectivity index (χ1) is 12.8. The molecule has 2 aromatic rings. The number of ether oxygens (including phenoxy) is 1. The summed E-state index contributed by atoms with van der Waals surface area (Å²) in [5.74, 6) is 0. The molecular weight excluding hydrogens is 324 g/mol. The second kappa shape index (κ2) is 8.25. The van der Waals surface area contributed by atoms with Crippen LogP contribution in [0.4, 0.5) is 0 Å². The lowest BCUT2D eigenvalue weighted by Crippen LogP contribution is -2.51. The number of hydrogen-bond acceptors (Lipinski definition) is 5. The van der Waals surface area contributed by atoms with Crippen molar-refractivity contribution in [1.82, 2.24) is 19.8 Å². The highest BCUT2D eigenvalue weighted by Gasteiger charge is 2.38. The first-order valence-corrected chi connectivity index (χ1v) is 9.69. The molecule has 26 heavy (non-hydrogen) atoms. The van der Waals surface area contributed by atoms with Gasteiger partial charge in [-0.05, 0) is 49.6 Å². The predicted octanol–water partition coefficient (Wildman–Crippen LogP) is 2.73. The van der Waals surface area contributed by atoms with Crippen molar-refractivity contribution in [3.05, 3.63) is 60.2 Å². The van der Waals surface area contributed by atoms with E-state index in [1.807, 2.05) is 30.7 Å². The van der Waals surface area contributed by atoms with Crippen molar-refractivity contribution in [2.24, 2.45) is 0 Å². The molecule has 2 aliphatic heterocycles. The summed E-state index contributed by atoms with van der Waals surface area (Å²) in [6, 6.07) is 10.4. The highest BCUT2D eigenvalue weighted by atomic mass is 16.5. The molecule has 0 N–H and O–H groups in total. The zero-order chi connectivity index (χ0) is 17.7. The van der Waals surface area contributed by atoms with E-state index >= 15 is 0 Å². The molecule has 4 heterocycles. The number of likely N-dealkylation sites (tertiary alicyclic amines) is 1. The van der Waals surface area contributed by atoms with Gasteiger partial charge in [0.2, 0.25) is 0 Å². The summed E-state index contributed by atoms with van der Waals surface area (Å²) in [4.78, 5) is 13.8. The average Bonchev–Trinajstić information content (AvgIpc) is 2.86. The summed E-state index contributed by atoms with van der Waals surface area (Å²) >= 11 is 0. The van der Waals surface area contributed by atoms with Crippen LogP contribution in [-0.4, -0.2) is 58.2 Å². The summed E-state index contributed by atoms with van der Waals surface area (Å²) in [5, 5.41) is 0. The van der Waals surface area contributed by atoms with Gasteiger partial charge in [-0.2, -0.15) is 0 Å². The zero-order valence-electron chi connectivity index (χ0n) is 15.4. The van der Waals surface area contributed by atoms with Gasteiger partial charge >= 0.3 is 0 Å². The van der Waals surface area contributed by atoms with E-state index in [4.69, 9.17) is 4.74 Å². The quantitative estimate of drug-likeness (QED) is 0.846. The molecule has 2 aliphatic rings. The van der Waals surface area contributed by atoms with Gasteiger partial charge in [0, 0.05) is 51.3 Å². The van der Waals surface area contributed by atoms with Crippen LogP contribution in [0.5, 0.6) is 0 Å². The summed E-state index contributed by atoms with van der Waals surface area (Å²) in [6.45, 7) is 6.99. The van der Waals surface area contributed by atoms with Gasteiger partial charge in [-0.1, -0.05) is 12.1 Å². The zero-order valence-corrected chi connectivity index (χ0v) is 15.4. The van der Waals surface area contributed by atoms with Gasteiger partial charge in [0.25, 0.3) is 0 Å². The second-order valence-electron chi connectivity index (χ2n) is 7.55. The Bertz CT molecular complexity index is 681. The van der Waals surface area contributed by atoms with Crippen LogP contribution in [0.15, 0.2) is 48.9 Å². The van der Waals surface area contributed by atoms with Gasteiger partial charge in [0.15, 0.2) is 0 Å². The van der Waals surface area contributed by atoms with Crippen molar-refractivity contribution < 1.29 is 4.74 Å². The predicted molar refractivity (Wildman–Crippen MR) is 102 cm³/mol. The fourth-order valence-corrected chi connectivity index (χ4v) is 4.21. The minimum Gasteiger partial charge on any atom is -0.372 e. The number of pyridine rings is 2. The fourth-order valence-electron chi connectivity index (χ4n) is 4.21. The monoisotopic (exact) mass is 352 g/mol. The number of morpholine rings is 1. The van der Waals surface area contributed by atoms with Crippen LogP contribution in [0.3, 0.4) is 0 Å². The molecule has 0 aliphatic carbocycles. The smallest absolute Gasteiger partial charge is 0.0822 e. The Morgan fingerprint density at radius 3 is 2.81 bits per heavy atom. The Morgan fingerprint density at radius 2 is 1.96 bits per heavy atom. The Labute approximate surface area is 156 Å². The molecule has 0 bridgehead atoms. The molecule has 0 amide bonds. The van der Waals surface area contributed by atoms with E-state index in [2.05, 4.69) is 38.0 Å². The first-order valence-electron chi connectivity index (χ1n) is 9.69. The van der Waals surface area contributed by atoms with E-state index in [1.165, 1.54) is 12.0 Å². The lowest BCUT2D eigenvalue weighted by Gasteiger charge is -2.42. The highest BCUT2D eigenvalue weighted by molar-refractivity contribution is 5.09. The van der Waals surface area contributed by atoms with Crippen molar-refractivity contribution in [3.63, 3.8) is 0 Å². The SMILES string of the molecule is c1ccc(CN2CCCC3(CC2)CN(Cc2cccnc2)CCO3)nc1. The lowest BCUT2D eigenvalue weighted by atomic mass is 9.92. The van der Waals surface area contributed by atoms with Crippen LogP contribution in [-0.2, 0) is 17.8 Å². The van der Waals surface area contributed by atoms with Crippen LogP contribution in [0, 0.1) is 0 Å². The molecule has 1 spiro atoms. The summed E-state index contributed by atoms with van der Waals surface area (Å²) in [6.07, 6.45) is 9.14. The van der Waals surface area contributed by atoms with Crippen molar-refractivity contribution in [2.75, 3.05) is 32.8 Å². The van der Waals surface area contributed by atoms with E-state index in [0.717, 1.165) is 64.4 Å². The molecule has 1 unspecified atom stereocenters. The Balaban J connectivity index is 1.36. The minimum atomic E-state index is 0.0132. The summed E-state index contributed by atoms with van der Waals surface area (Å²) in [7, 11) is 0. The molecule has 5 nitrogen and oxygen atoms in total. The summed E-state index contributed by atoms with van der Waals surface area (Å²) < 4.78 is 6.35. The molecule has 2 aromatic heterocycles. The Morgan fingerprint density at radius 1 is 0.962 bits per heavy atom. The molecule has 2 fully saturated rings. The third-order valence-electron chi connectivity index (χ3n) is 5.56. The van der Waals surface area contributed by atoms with Crippen LogP contribution in [0.1, 0.15) is 30.5 Å². The third-order valence-corrected chi connectivity index (χ3v) is 5.56. The molecule has 0 aromatic carbocycles. The molecule has 2 saturated heterocycles. The first kappa shape index (κ1) is 17.6. The van der Waals surface area contributed by atoms with Crippen molar-refractivity contribution >= 4 is 0 Å². The number of aromatic nitrogens is 2. The Kier molecular flexibility index (Phi) is 5.58. The molecule has 138 valence electrons. The number of hydrogen-bond donors (Lipinski definition) is 0. The maximum absolute atomic E-state index is 6.35. The summed E-state index contributed by atoms with van der Waals surface area (Å²) in [5.41, 5.74) is 2.46. The van der Waals surface area contributed by atoms with Crippen molar-refractivity contribution in [1.29, 1.82) is 0 Å². The average molecular weight is 352 g/mol. The van der Waals surface area contributed by atoms with Crippen molar-refractivity contribution in [3.8, 4) is 0 Å². The number of nitrogens with zero attached hydrogens (tertiary/aromatic N) is 4. The maximum atomic E-state index is 6.35. The van der Waals surface area contributed by atoms with Gasteiger partial charge in [-0.3, -0.25) is 19.8 Å². The minimum absolute atomic E-state index is 0.0132. The van der Waals surface area contributed by atoms with E-state index in [1.54, 1.807) is 0 Å². The van der Waals surface area contributed by atoms with E-state index in [-0.39, 0.29) is 5.60 Å². The standard InChI is InChI=1S/C21H28N4O/c1-2-10-23-20(6-1)17-24-11-4-7-21(8-12-24)18-25(13-14-26-21)16-19-5-3-9-22-15-19/h1-3,5-6,9-10,15H,4,7-8,11-14,16-18H2. The van der Waals surface area contributed by atoms with Gasteiger partial charge in [0.1, 0.15) is 0 Å². The normalized spacial score (nSPS) is 25.2. The maximum Gasteiger partial charge on any atom is 0.0822 e. The molecule has 0 radical (unpaired) electrons. The fraction of sp³-hybridized carbons (Fsp3) is 0.524. The van der Waals surface area contributed by atoms with Gasteiger partial charge in [-0.25, -0.2) is 0 Å². The second-order valence-corrected chi connectivity index (χ2v) is 7.55. The lowest BCUT2D eigenvalue weighted by molar-refractivity contribution is -0.118. The van der Waals surface area contributed by atoms with Crippen molar-refractivity contribution in [2.45, 2.75) is 38.0 Å². The van der Waals surface area contributed by atoms with Crippen LogP contribution < -0.4 is 0 Å². The van der Waals surface area contributed by atoms with E-state index in [9.17, 15) is 0 Å². The Hall–Kier alpha value is -1.82. The van der Waals surface area contributed by atoms with E-state index in [0.29, 0.717) is 0 Å². The molecule has 0 saturated carbocycles. The van der Waals surface area contributed by atoms with Crippen LogP contribution in [0.25, 0.3) is 0 Å². The topological polar surface area (TPSA) is 41.5 Å².